The van der Waals surface area contributed by atoms with Gasteiger partial charge in [0.2, 0.25) is 0 Å². The maximum Gasteiger partial charge on any atom is 0.267 e. The van der Waals surface area contributed by atoms with Crippen LogP contribution in [0.25, 0.3) is 0 Å². The lowest BCUT2D eigenvalue weighted by Gasteiger charge is -2.34. The number of hydrogen-bond acceptors (Lipinski definition) is 5. The summed E-state index contributed by atoms with van der Waals surface area (Å²) in [6.45, 7) is 9.04. The average molecular weight is 376 g/mol. The summed E-state index contributed by atoms with van der Waals surface area (Å²) in [7, 11) is 0. The quantitative estimate of drug-likeness (QED) is 0.581. The van der Waals surface area contributed by atoms with Gasteiger partial charge < -0.3 is 4.90 Å². The maximum absolute atomic E-state index is 12.6. The fourth-order valence-corrected chi connectivity index (χ4v) is 4.56. The number of benzene rings is 1. The van der Waals surface area contributed by atoms with E-state index in [2.05, 4.69) is 54.0 Å². The lowest BCUT2D eigenvalue weighted by atomic mass is 10.2. The largest absolute Gasteiger partial charge is 0.374 e. The van der Waals surface area contributed by atoms with E-state index in [0.29, 0.717) is 4.32 Å². The van der Waals surface area contributed by atoms with Gasteiger partial charge in [-0.3, -0.25) is 14.6 Å². The molecule has 134 valence electrons. The van der Waals surface area contributed by atoms with Crippen LogP contribution in [0.2, 0.25) is 0 Å². The van der Waals surface area contributed by atoms with Crippen molar-refractivity contribution in [2.75, 3.05) is 26.2 Å². The zero-order valence-electron chi connectivity index (χ0n) is 14.9. The van der Waals surface area contributed by atoms with E-state index in [1.807, 2.05) is 6.20 Å². The van der Waals surface area contributed by atoms with Gasteiger partial charge in [-0.05, 0) is 18.9 Å². The molecule has 4 nitrogen and oxygen atoms in total. The molecule has 0 saturated carbocycles. The van der Waals surface area contributed by atoms with Crippen LogP contribution in [-0.2, 0) is 11.3 Å². The Morgan fingerprint density at radius 1 is 1.20 bits per heavy atom. The Hall–Kier alpha value is -1.37. The minimum absolute atomic E-state index is 0.0658. The Morgan fingerprint density at radius 3 is 2.52 bits per heavy atom. The van der Waals surface area contributed by atoms with Crippen LogP contribution in [0.1, 0.15) is 25.8 Å². The summed E-state index contributed by atoms with van der Waals surface area (Å²) >= 11 is 6.83. The summed E-state index contributed by atoms with van der Waals surface area (Å²) in [5.74, 6) is 0.0658. The Morgan fingerprint density at radius 2 is 1.88 bits per heavy atom. The first-order valence-electron chi connectivity index (χ1n) is 8.86. The summed E-state index contributed by atoms with van der Waals surface area (Å²) in [6.07, 6.45) is 2.93. The second kappa shape index (κ2) is 8.34. The van der Waals surface area contributed by atoms with Crippen molar-refractivity contribution in [3.05, 3.63) is 47.0 Å². The number of amides is 1. The highest BCUT2D eigenvalue weighted by atomic mass is 32.2. The van der Waals surface area contributed by atoms with Crippen LogP contribution >= 0.6 is 24.0 Å². The lowest BCUT2D eigenvalue weighted by molar-refractivity contribution is -0.123. The molecule has 1 atom stereocenters. The number of rotatable bonds is 5. The molecule has 6 heteroatoms. The molecule has 2 aliphatic rings. The molecule has 0 bridgehead atoms. The van der Waals surface area contributed by atoms with Crippen LogP contribution in [0.15, 0.2) is 41.4 Å². The number of hydrogen-bond donors (Lipinski definition) is 0. The molecule has 25 heavy (non-hydrogen) atoms. The predicted molar refractivity (Wildman–Crippen MR) is 108 cm³/mol. The molecule has 1 aromatic rings. The van der Waals surface area contributed by atoms with E-state index in [-0.39, 0.29) is 11.9 Å². The van der Waals surface area contributed by atoms with Crippen molar-refractivity contribution in [3.8, 4) is 0 Å². The van der Waals surface area contributed by atoms with Gasteiger partial charge >= 0.3 is 0 Å². The number of carbonyl (C=O) groups excluding carboxylic acids is 1. The molecule has 2 fully saturated rings. The lowest BCUT2D eigenvalue weighted by Crippen LogP contribution is -2.43. The van der Waals surface area contributed by atoms with Crippen LogP contribution < -0.4 is 0 Å². The molecule has 1 aromatic carbocycles. The molecule has 0 radical (unpaired) electrons. The average Bonchev–Trinajstić information content (AvgIpc) is 2.90. The standard InChI is InChI=1S/C19H25N3OS2/c1-3-15(2)22-18(23)17(25-19(22)24)14-21-11-9-20(10-12-21)13-16-7-5-4-6-8-16/h4-8,14-15H,3,9-13H2,1-2H3/b17-14+/t15-/m0/s1. The van der Waals surface area contributed by atoms with Gasteiger partial charge in [0.05, 0.1) is 4.91 Å². The Kier molecular flexibility index (Phi) is 6.15. The van der Waals surface area contributed by atoms with Gasteiger partial charge in [0.25, 0.3) is 5.91 Å². The highest BCUT2D eigenvalue weighted by molar-refractivity contribution is 8.26. The molecule has 2 heterocycles. The van der Waals surface area contributed by atoms with Gasteiger partial charge in [0, 0.05) is 45.0 Å². The van der Waals surface area contributed by atoms with Crippen molar-refractivity contribution in [2.24, 2.45) is 0 Å². The van der Waals surface area contributed by atoms with E-state index >= 15 is 0 Å². The normalized spacial score (nSPS) is 22.1. The maximum atomic E-state index is 12.6. The van der Waals surface area contributed by atoms with Gasteiger partial charge in [0.15, 0.2) is 0 Å². The first-order chi connectivity index (χ1) is 12.1. The van der Waals surface area contributed by atoms with Crippen LogP contribution in [-0.4, -0.2) is 57.1 Å². The first kappa shape index (κ1) is 18.4. The smallest absolute Gasteiger partial charge is 0.267 e. The van der Waals surface area contributed by atoms with Crippen molar-refractivity contribution in [3.63, 3.8) is 0 Å². The van der Waals surface area contributed by atoms with Crippen LogP contribution in [0.3, 0.4) is 0 Å². The van der Waals surface area contributed by atoms with E-state index in [1.165, 1.54) is 17.3 Å². The Balaban J connectivity index is 1.56. The summed E-state index contributed by atoms with van der Waals surface area (Å²) in [4.78, 5) is 19.9. The van der Waals surface area contributed by atoms with Crippen molar-refractivity contribution in [2.45, 2.75) is 32.9 Å². The third kappa shape index (κ3) is 4.43. The Bertz CT molecular complexity index is 654. The molecule has 1 amide bonds. The molecule has 0 aliphatic carbocycles. The SMILES string of the molecule is CC[C@H](C)N1C(=O)/C(=C\N2CCN(Cc3ccccc3)CC2)SC1=S. The third-order valence-corrected chi connectivity index (χ3v) is 6.13. The second-order valence-electron chi connectivity index (χ2n) is 6.59. The second-order valence-corrected chi connectivity index (χ2v) is 8.27. The highest BCUT2D eigenvalue weighted by Gasteiger charge is 2.35. The van der Waals surface area contributed by atoms with Crippen molar-refractivity contribution in [1.29, 1.82) is 0 Å². The van der Waals surface area contributed by atoms with E-state index in [4.69, 9.17) is 12.2 Å². The number of thiocarbonyl (C=S) groups is 1. The van der Waals surface area contributed by atoms with Gasteiger partial charge in [-0.25, -0.2) is 0 Å². The predicted octanol–water partition coefficient (Wildman–Crippen LogP) is 3.30. The molecule has 2 aliphatic heterocycles. The summed E-state index contributed by atoms with van der Waals surface area (Å²) < 4.78 is 0.688. The van der Waals surface area contributed by atoms with E-state index in [9.17, 15) is 4.79 Å². The Labute approximate surface area is 159 Å². The highest BCUT2D eigenvalue weighted by Crippen LogP contribution is 2.33. The fraction of sp³-hybridized carbons (Fsp3) is 0.474. The van der Waals surface area contributed by atoms with E-state index in [0.717, 1.165) is 44.0 Å². The van der Waals surface area contributed by atoms with Crippen molar-refractivity contribution < 1.29 is 4.79 Å². The van der Waals surface area contributed by atoms with Crippen LogP contribution in [0.5, 0.6) is 0 Å². The minimum Gasteiger partial charge on any atom is -0.374 e. The van der Waals surface area contributed by atoms with Gasteiger partial charge in [-0.1, -0.05) is 61.2 Å². The fourth-order valence-electron chi connectivity index (χ4n) is 3.09. The molecule has 0 spiro atoms. The van der Waals surface area contributed by atoms with Crippen LogP contribution in [0, 0.1) is 0 Å². The number of carbonyl (C=O) groups is 1. The van der Waals surface area contributed by atoms with Crippen molar-refractivity contribution >= 4 is 34.2 Å². The summed E-state index contributed by atoms with van der Waals surface area (Å²) in [5, 5.41) is 0. The first-order valence-corrected chi connectivity index (χ1v) is 10.1. The zero-order valence-corrected chi connectivity index (χ0v) is 16.5. The molecular formula is C19H25N3OS2. The van der Waals surface area contributed by atoms with Crippen molar-refractivity contribution in [1.82, 2.24) is 14.7 Å². The molecule has 2 saturated heterocycles. The van der Waals surface area contributed by atoms with Crippen LogP contribution in [0.4, 0.5) is 0 Å². The molecule has 3 rings (SSSR count). The van der Waals surface area contributed by atoms with Gasteiger partial charge in [-0.2, -0.15) is 0 Å². The monoisotopic (exact) mass is 375 g/mol. The summed E-state index contributed by atoms with van der Waals surface area (Å²) in [5.41, 5.74) is 1.35. The third-order valence-electron chi connectivity index (χ3n) is 4.81. The topological polar surface area (TPSA) is 26.8 Å². The van der Waals surface area contributed by atoms with Gasteiger partial charge in [0.1, 0.15) is 4.32 Å². The molecule has 0 N–H and O–H groups in total. The van der Waals surface area contributed by atoms with Gasteiger partial charge in [-0.15, -0.1) is 0 Å². The molecule has 0 unspecified atom stereocenters. The number of thioether (sulfide) groups is 1. The molecule has 0 aromatic heterocycles. The summed E-state index contributed by atoms with van der Waals surface area (Å²) in [6, 6.07) is 10.7. The zero-order chi connectivity index (χ0) is 17.8. The van der Waals surface area contributed by atoms with E-state index < -0.39 is 0 Å². The number of piperazine rings is 1. The molecular weight excluding hydrogens is 350 g/mol. The minimum atomic E-state index is 0.0658. The van der Waals surface area contributed by atoms with E-state index in [1.54, 1.807) is 4.90 Å². The number of nitrogens with zero attached hydrogens (tertiary/aromatic N) is 3.